The molecule has 1 unspecified atom stereocenters. The smallest absolute Gasteiger partial charge is 0.143 e. The van der Waals surface area contributed by atoms with Crippen LogP contribution in [0, 0.1) is 6.92 Å². The number of thiophene rings is 1. The van der Waals surface area contributed by atoms with Crippen LogP contribution in [0.3, 0.4) is 0 Å². The summed E-state index contributed by atoms with van der Waals surface area (Å²) in [6.07, 6.45) is 1.60. The Morgan fingerprint density at radius 3 is 2.85 bits per heavy atom. The lowest BCUT2D eigenvalue weighted by atomic mass is 10.1. The molecule has 1 N–H and O–H groups in total. The highest BCUT2D eigenvalue weighted by Crippen LogP contribution is 2.25. The lowest BCUT2D eigenvalue weighted by molar-refractivity contribution is 0.785. The molecule has 0 aliphatic carbocycles. The molecule has 0 amide bonds. The molecule has 2 heterocycles. The molecule has 0 fully saturated rings. The van der Waals surface area contributed by atoms with Crippen molar-refractivity contribution in [3.05, 3.63) is 52.5 Å². The third kappa shape index (κ3) is 2.55. The molecule has 0 spiro atoms. The Bertz CT molecular complexity index is 676. The number of benzene rings is 1. The third-order valence-electron chi connectivity index (χ3n) is 3.15. The Hall–Kier alpha value is -2.21. The normalized spacial score (nSPS) is 12.3. The van der Waals surface area contributed by atoms with Crippen LogP contribution in [0.2, 0.25) is 0 Å². The molecule has 0 bridgehead atoms. The van der Waals surface area contributed by atoms with Gasteiger partial charge in [0.15, 0.2) is 0 Å². The fourth-order valence-corrected chi connectivity index (χ4v) is 2.87. The van der Waals surface area contributed by atoms with E-state index >= 15 is 0 Å². The molecule has 6 heteroatoms. The number of tetrazole rings is 1. The van der Waals surface area contributed by atoms with E-state index in [1.54, 1.807) is 22.3 Å². The lowest BCUT2D eigenvalue weighted by Gasteiger charge is -2.15. The molecular weight excluding hydrogens is 270 g/mol. The minimum absolute atomic E-state index is 0.299. The molecule has 0 aliphatic rings. The van der Waals surface area contributed by atoms with Gasteiger partial charge < -0.3 is 5.32 Å². The highest BCUT2D eigenvalue weighted by Gasteiger charge is 2.08. The molecule has 3 rings (SSSR count). The Morgan fingerprint density at radius 1 is 1.30 bits per heavy atom. The van der Waals surface area contributed by atoms with E-state index in [0.717, 1.165) is 16.9 Å². The average molecular weight is 285 g/mol. The summed E-state index contributed by atoms with van der Waals surface area (Å²) in [5.74, 6) is 0. The highest BCUT2D eigenvalue weighted by atomic mass is 32.1. The number of nitrogens with zero attached hydrogens (tertiary/aromatic N) is 4. The van der Waals surface area contributed by atoms with Gasteiger partial charge in [-0.3, -0.25) is 0 Å². The maximum Gasteiger partial charge on any atom is 0.143 e. The monoisotopic (exact) mass is 285 g/mol. The minimum Gasteiger partial charge on any atom is -0.378 e. The first kappa shape index (κ1) is 12.8. The van der Waals surface area contributed by atoms with Crippen molar-refractivity contribution in [3.8, 4) is 5.69 Å². The van der Waals surface area contributed by atoms with Crippen molar-refractivity contribution in [2.24, 2.45) is 0 Å². The molecule has 5 nitrogen and oxygen atoms in total. The van der Waals surface area contributed by atoms with Crippen LogP contribution < -0.4 is 5.32 Å². The summed E-state index contributed by atoms with van der Waals surface area (Å²) in [5.41, 5.74) is 3.21. The summed E-state index contributed by atoms with van der Waals surface area (Å²) in [7, 11) is 0. The third-order valence-corrected chi connectivity index (χ3v) is 4.20. The fourth-order valence-electron chi connectivity index (χ4n) is 2.13. The molecular formula is C14H15N5S. The van der Waals surface area contributed by atoms with E-state index in [-0.39, 0.29) is 0 Å². The number of hydrogen-bond donors (Lipinski definition) is 1. The van der Waals surface area contributed by atoms with Crippen molar-refractivity contribution in [3.63, 3.8) is 0 Å². The SMILES string of the molecule is Cc1cc(NC(C)c2cccs2)ccc1-n1cnnn1. The summed E-state index contributed by atoms with van der Waals surface area (Å²) >= 11 is 1.76. The van der Waals surface area contributed by atoms with Gasteiger partial charge in [0.05, 0.1) is 11.7 Å². The second kappa shape index (κ2) is 5.42. The molecule has 1 aromatic carbocycles. The van der Waals surface area contributed by atoms with Gasteiger partial charge in [-0.1, -0.05) is 6.07 Å². The molecule has 0 saturated heterocycles. The maximum atomic E-state index is 3.92. The Labute approximate surface area is 121 Å². The van der Waals surface area contributed by atoms with E-state index in [1.807, 2.05) is 12.1 Å². The summed E-state index contributed by atoms with van der Waals surface area (Å²) in [5, 5.41) is 16.8. The van der Waals surface area contributed by atoms with Crippen molar-refractivity contribution >= 4 is 17.0 Å². The summed E-state index contributed by atoms with van der Waals surface area (Å²) in [4.78, 5) is 1.33. The highest BCUT2D eigenvalue weighted by molar-refractivity contribution is 7.10. The molecule has 1 atom stereocenters. The van der Waals surface area contributed by atoms with Crippen LogP contribution in [-0.4, -0.2) is 20.2 Å². The number of aromatic nitrogens is 4. The van der Waals surface area contributed by atoms with Gasteiger partial charge in [-0.15, -0.1) is 16.4 Å². The van der Waals surface area contributed by atoms with Crippen LogP contribution in [-0.2, 0) is 0 Å². The largest absolute Gasteiger partial charge is 0.378 e. The van der Waals surface area contributed by atoms with Gasteiger partial charge in [0.25, 0.3) is 0 Å². The molecule has 0 radical (unpaired) electrons. The molecule has 3 aromatic rings. The average Bonchev–Trinajstić information content (AvgIpc) is 3.12. The molecule has 102 valence electrons. The summed E-state index contributed by atoms with van der Waals surface area (Å²) < 4.78 is 1.67. The standard InChI is InChI=1S/C14H15N5S/c1-10-8-12(16-11(2)14-4-3-7-20-14)5-6-13(10)19-9-15-17-18-19/h3-9,11,16H,1-2H3. The van der Waals surface area contributed by atoms with Crippen LogP contribution in [0.5, 0.6) is 0 Å². The zero-order chi connectivity index (χ0) is 13.9. The fraction of sp³-hybridized carbons (Fsp3) is 0.214. The first-order valence-corrected chi connectivity index (χ1v) is 7.26. The van der Waals surface area contributed by atoms with Gasteiger partial charge in [0.1, 0.15) is 6.33 Å². The van der Waals surface area contributed by atoms with Crippen molar-refractivity contribution in [2.45, 2.75) is 19.9 Å². The first-order chi connectivity index (χ1) is 9.74. The van der Waals surface area contributed by atoms with E-state index < -0.39 is 0 Å². The zero-order valence-corrected chi connectivity index (χ0v) is 12.1. The van der Waals surface area contributed by atoms with Crippen molar-refractivity contribution in [1.29, 1.82) is 0 Å². The zero-order valence-electron chi connectivity index (χ0n) is 11.3. The van der Waals surface area contributed by atoms with Crippen molar-refractivity contribution in [1.82, 2.24) is 20.2 Å². The molecule has 2 aromatic heterocycles. The Balaban J connectivity index is 1.81. The number of rotatable bonds is 4. The summed E-state index contributed by atoms with van der Waals surface area (Å²) in [6, 6.07) is 10.7. The minimum atomic E-state index is 0.299. The van der Waals surface area contributed by atoms with Gasteiger partial charge >= 0.3 is 0 Å². The topological polar surface area (TPSA) is 55.6 Å². The number of nitrogens with one attached hydrogen (secondary N) is 1. The number of anilines is 1. The van der Waals surface area contributed by atoms with Gasteiger partial charge in [0.2, 0.25) is 0 Å². The van der Waals surface area contributed by atoms with Crippen molar-refractivity contribution in [2.75, 3.05) is 5.32 Å². The quantitative estimate of drug-likeness (QED) is 0.799. The second-order valence-corrected chi connectivity index (χ2v) is 5.62. The Kier molecular flexibility index (Phi) is 3.47. The lowest BCUT2D eigenvalue weighted by Crippen LogP contribution is -2.06. The number of hydrogen-bond acceptors (Lipinski definition) is 5. The van der Waals surface area contributed by atoms with Crippen LogP contribution in [0.4, 0.5) is 5.69 Å². The van der Waals surface area contributed by atoms with Crippen molar-refractivity contribution < 1.29 is 0 Å². The van der Waals surface area contributed by atoms with Gasteiger partial charge in [-0.05, 0) is 59.5 Å². The molecule has 0 aliphatic heterocycles. The predicted molar refractivity (Wildman–Crippen MR) is 80.2 cm³/mol. The van der Waals surface area contributed by atoms with E-state index in [0.29, 0.717) is 6.04 Å². The van der Waals surface area contributed by atoms with E-state index in [9.17, 15) is 0 Å². The van der Waals surface area contributed by atoms with Crippen LogP contribution in [0.15, 0.2) is 42.0 Å². The second-order valence-electron chi connectivity index (χ2n) is 4.64. The van der Waals surface area contributed by atoms with E-state index in [2.05, 4.69) is 58.3 Å². The van der Waals surface area contributed by atoms with Gasteiger partial charge in [0, 0.05) is 10.6 Å². The summed E-state index contributed by atoms with van der Waals surface area (Å²) in [6.45, 7) is 4.22. The Morgan fingerprint density at radius 2 is 2.20 bits per heavy atom. The molecule has 0 saturated carbocycles. The van der Waals surface area contributed by atoms with E-state index in [4.69, 9.17) is 0 Å². The maximum absolute atomic E-state index is 3.92. The van der Waals surface area contributed by atoms with Gasteiger partial charge in [-0.2, -0.15) is 0 Å². The van der Waals surface area contributed by atoms with Crippen LogP contribution in [0.25, 0.3) is 5.69 Å². The van der Waals surface area contributed by atoms with Crippen LogP contribution >= 0.6 is 11.3 Å². The predicted octanol–water partition coefficient (Wildman–Crippen LogP) is 3.21. The number of aryl methyl sites for hydroxylation is 1. The van der Waals surface area contributed by atoms with E-state index in [1.165, 1.54) is 4.88 Å². The first-order valence-electron chi connectivity index (χ1n) is 6.38. The molecule has 20 heavy (non-hydrogen) atoms. The van der Waals surface area contributed by atoms with Gasteiger partial charge in [-0.25, -0.2) is 4.68 Å². The van der Waals surface area contributed by atoms with Crippen LogP contribution in [0.1, 0.15) is 23.4 Å².